The molecule has 0 spiro atoms. The predicted molar refractivity (Wildman–Crippen MR) is 71.9 cm³/mol. The first-order valence-corrected chi connectivity index (χ1v) is 6.38. The maximum absolute atomic E-state index is 13.0. The monoisotopic (exact) mass is 252 g/mol. The largest absolute Gasteiger partial charge is 0.497 e. The minimum atomic E-state index is -0.306. The highest BCUT2D eigenvalue weighted by Crippen LogP contribution is 2.33. The number of nitrogens with zero attached hydrogens (tertiary/aromatic N) is 1. The summed E-state index contributed by atoms with van der Waals surface area (Å²) < 4.78 is 18.2. The first-order chi connectivity index (χ1) is 8.73. The Hall–Kier alpha value is -1.29. The van der Waals surface area contributed by atoms with Crippen molar-refractivity contribution in [1.82, 2.24) is 0 Å². The number of rotatable bonds is 4. The fourth-order valence-corrected chi connectivity index (χ4v) is 2.42. The van der Waals surface area contributed by atoms with E-state index in [1.807, 2.05) is 24.3 Å². The number of methoxy groups -OCH3 is 1. The van der Waals surface area contributed by atoms with Crippen molar-refractivity contribution in [3.05, 3.63) is 24.3 Å². The molecule has 1 saturated heterocycles. The predicted octanol–water partition coefficient (Wildman–Crippen LogP) is 2.21. The first-order valence-electron chi connectivity index (χ1n) is 6.38. The summed E-state index contributed by atoms with van der Waals surface area (Å²) in [5.41, 5.74) is 6.57. The second-order valence-electron chi connectivity index (χ2n) is 5.02. The lowest BCUT2D eigenvalue weighted by Crippen LogP contribution is -2.45. The van der Waals surface area contributed by atoms with E-state index in [1.165, 1.54) is 5.69 Å². The lowest BCUT2D eigenvalue weighted by molar-refractivity contribution is 0.168. The SMILES string of the molecule is COc1ccc(N2CCC(CN)(CF)CC2)cc1. The van der Waals surface area contributed by atoms with Gasteiger partial charge in [-0.15, -0.1) is 0 Å². The second kappa shape index (κ2) is 5.57. The zero-order valence-corrected chi connectivity index (χ0v) is 10.9. The number of anilines is 1. The van der Waals surface area contributed by atoms with Crippen molar-refractivity contribution in [3.63, 3.8) is 0 Å². The Kier molecular flexibility index (Phi) is 4.07. The molecule has 0 amide bonds. The van der Waals surface area contributed by atoms with E-state index in [4.69, 9.17) is 10.5 Å². The van der Waals surface area contributed by atoms with Crippen molar-refractivity contribution < 1.29 is 9.13 Å². The van der Waals surface area contributed by atoms with Crippen LogP contribution in [0.2, 0.25) is 0 Å². The number of ether oxygens (including phenoxy) is 1. The van der Waals surface area contributed by atoms with Gasteiger partial charge >= 0.3 is 0 Å². The Morgan fingerprint density at radius 3 is 2.33 bits per heavy atom. The summed E-state index contributed by atoms with van der Waals surface area (Å²) in [6.45, 7) is 1.88. The van der Waals surface area contributed by atoms with Crippen molar-refractivity contribution in [1.29, 1.82) is 0 Å². The maximum Gasteiger partial charge on any atom is 0.119 e. The summed E-state index contributed by atoms with van der Waals surface area (Å²) >= 11 is 0. The standard InChI is InChI=1S/C14H21FN2O/c1-18-13-4-2-12(3-5-13)17-8-6-14(10-15,11-16)7-9-17/h2-5H,6-11,16H2,1H3. The Morgan fingerprint density at radius 1 is 1.28 bits per heavy atom. The first kappa shape index (κ1) is 13.1. The van der Waals surface area contributed by atoms with Gasteiger partial charge in [-0.25, -0.2) is 0 Å². The lowest BCUT2D eigenvalue weighted by Gasteiger charge is -2.40. The molecule has 18 heavy (non-hydrogen) atoms. The molecule has 0 aliphatic carbocycles. The van der Waals surface area contributed by atoms with E-state index >= 15 is 0 Å². The van der Waals surface area contributed by atoms with Crippen LogP contribution in [0.1, 0.15) is 12.8 Å². The van der Waals surface area contributed by atoms with Crippen molar-refractivity contribution in [2.75, 3.05) is 38.3 Å². The molecule has 0 aromatic heterocycles. The minimum Gasteiger partial charge on any atom is -0.497 e. The fourth-order valence-electron chi connectivity index (χ4n) is 2.42. The van der Waals surface area contributed by atoms with E-state index < -0.39 is 0 Å². The number of piperidine rings is 1. The number of halogens is 1. The maximum atomic E-state index is 13.0. The summed E-state index contributed by atoms with van der Waals surface area (Å²) in [4.78, 5) is 2.28. The quantitative estimate of drug-likeness (QED) is 0.893. The van der Waals surface area contributed by atoms with Gasteiger partial charge in [0, 0.05) is 30.7 Å². The van der Waals surface area contributed by atoms with E-state index in [-0.39, 0.29) is 12.1 Å². The minimum absolute atomic E-state index is 0.289. The van der Waals surface area contributed by atoms with E-state index in [1.54, 1.807) is 7.11 Å². The van der Waals surface area contributed by atoms with Crippen LogP contribution in [0.25, 0.3) is 0 Å². The van der Waals surface area contributed by atoms with Crippen molar-refractivity contribution in [3.8, 4) is 5.75 Å². The van der Waals surface area contributed by atoms with Crippen LogP contribution >= 0.6 is 0 Å². The van der Waals surface area contributed by atoms with Gasteiger partial charge in [0.15, 0.2) is 0 Å². The molecule has 1 aliphatic rings. The van der Waals surface area contributed by atoms with Crippen LogP contribution in [-0.4, -0.2) is 33.4 Å². The van der Waals surface area contributed by atoms with Crippen LogP contribution in [0.4, 0.5) is 10.1 Å². The molecule has 3 nitrogen and oxygen atoms in total. The molecule has 2 rings (SSSR count). The van der Waals surface area contributed by atoms with Crippen molar-refractivity contribution in [2.24, 2.45) is 11.1 Å². The molecule has 1 aromatic rings. The van der Waals surface area contributed by atoms with Crippen LogP contribution < -0.4 is 15.4 Å². The smallest absolute Gasteiger partial charge is 0.119 e. The Morgan fingerprint density at radius 2 is 1.89 bits per heavy atom. The number of alkyl halides is 1. The van der Waals surface area contributed by atoms with Gasteiger partial charge in [0.1, 0.15) is 5.75 Å². The van der Waals surface area contributed by atoms with Crippen LogP contribution in [-0.2, 0) is 0 Å². The Labute approximate surface area is 108 Å². The second-order valence-corrected chi connectivity index (χ2v) is 5.02. The van der Waals surface area contributed by atoms with Crippen molar-refractivity contribution >= 4 is 5.69 Å². The third kappa shape index (κ3) is 2.58. The third-order valence-corrected chi connectivity index (χ3v) is 3.98. The van der Waals surface area contributed by atoms with E-state index in [9.17, 15) is 4.39 Å². The summed E-state index contributed by atoms with van der Waals surface area (Å²) in [5, 5.41) is 0. The van der Waals surface area contributed by atoms with Gasteiger partial charge in [-0.05, 0) is 37.1 Å². The highest BCUT2D eigenvalue weighted by molar-refractivity contribution is 5.49. The average molecular weight is 252 g/mol. The van der Waals surface area contributed by atoms with E-state index in [2.05, 4.69) is 4.90 Å². The highest BCUT2D eigenvalue weighted by atomic mass is 19.1. The van der Waals surface area contributed by atoms with Gasteiger partial charge in [0.05, 0.1) is 13.8 Å². The van der Waals surface area contributed by atoms with Crippen LogP contribution in [0.3, 0.4) is 0 Å². The summed E-state index contributed by atoms with van der Waals surface area (Å²) in [6, 6.07) is 8.00. The molecule has 100 valence electrons. The molecule has 1 aliphatic heterocycles. The highest BCUT2D eigenvalue weighted by Gasteiger charge is 2.33. The van der Waals surface area contributed by atoms with Crippen molar-refractivity contribution in [2.45, 2.75) is 12.8 Å². The van der Waals surface area contributed by atoms with Gasteiger partial charge in [-0.3, -0.25) is 4.39 Å². The molecule has 1 fully saturated rings. The van der Waals surface area contributed by atoms with Crippen LogP contribution in [0, 0.1) is 5.41 Å². The van der Waals surface area contributed by atoms with Gasteiger partial charge < -0.3 is 15.4 Å². The molecule has 0 unspecified atom stereocenters. The van der Waals surface area contributed by atoms with Gasteiger partial charge in [0.25, 0.3) is 0 Å². The van der Waals surface area contributed by atoms with E-state index in [0.29, 0.717) is 6.54 Å². The lowest BCUT2D eigenvalue weighted by atomic mass is 9.79. The topological polar surface area (TPSA) is 38.5 Å². The molecule has 1 heterocycles. The number of benzene rings is 1. The summed E-state index contributed by atoms with van der Waals surface area (Å²) in [5.74, 6) is 0.857. The normalized spacial score (nSPS) is 18.7. The van der Waals surface area contributed by atoms with Gasteiger partial charge in [-0.1, -0.05) is 0 Å². The van der Waals surface area contributed by atoms with Crippen LogP contribution in [0.5, 0.6) is 5.75 Å². The molecule has 4 heteroatoms. The van der Waals surface area contributed by atoms with E-state index in [0.717, 1.165) is 31.7 Å². The molecule has 0 bridgehead atoms. The average Bonchev–Trinajstić information content (AvgIpc) is 2.47. The number of hydrogen-bond acceptors (Lipinski definition) is 3. The summed E-state index contributed by atoms with van der Waals surface area (Å²) in [6.07, 6.45) is 1.65. The molecule has 1 aromatic carbocycles. The molecule has 0 radical (unpaired) electrons. The summed E-state index contributed by atoms with van der Waals surface area (Å²) in [7, 11) is 1.66. The Balaban J connectivity index is 2.00. The van der Waals surface area contributed by atoms with Crippen LogP contribution in [0.15, 0.2) is 24.3 Å². The molecule has 2 N–H and O–H groups in total. The fraction of sp³-hybridized carbons (Fsp3) is 0.571. The number of nitrogens with two attached hydrogens (primary N) is 1. The number of hydrogen-bond donors (Lipinski definition) is 1. The molecule has 0 saturated carbocycles. The third-order valence-electron chi connectivity index (χ3n) is 3.98. The van der Waals surface area contributed by atoms with Gasteiger partial charge in [0.2, 0.25) is 0 Å². The molecule has 0 atom stereocenters. The molecular weight excluding hydrogens is 231 g/mol. The zero-order chi connectivity index (χ0) is 13.0. The Bertz CT molecular complexity index is 366. The van der Waals surface area contributed by atoms with Gasteiger partial charge in [-0.2, -0.15) is 0 Å². The molecular formula is C14H21FN2O. The zero-order valence-electron chi connectivity index (χ0n) is 10.9.